The normalized spacial score (nSPS) is 10.8. The number of benzene rings is 1. The molecule has 2 heteroatoms. The predicted molar refractivity (Wildman–Crippen MR) is 75.9 cm³/mol. The van der Waals surface area contributed by atoms with Crippen LogP contribution in [0.3, 0.4) is 0 Å². The summed E-state index contributed by atoms with van der Waals surface area (Å²) in [5.41, 5.74) is 5.48. The molecule has 1 aromatic carbocycles. The Morgan fingerprint density at radius 2 is 2.00 bits per heavy atom. The number of aryl methyl sites for hydroxylation is 5. The molecule has 1 heterocycles. The van der Waals surface area contributed by atoms with Gasteiger partial charge in [0.15, 0.2) is 0 Å². The zero-order valence-electron chi connectivity index (χ0n) is 11.6. The van der Waals surface area contributed by atoms with Gasteiger partial charge in [-0.25, -0.2) is 4.98 Å². The maximum Gasteiger partial charge on any atom is 0.105 e. The van der Waals surface area contributed by atoms with E-state index >= 15 is 0 Å². The van der Waals surface area contributed by atoms with Gasteiger partial charge >= 0.3 is 0 Å². The molecule has 0 saturated heterocycles. The SMILES string of the molecule is CCc1ncc(CCCc2ccc(C)cc2C)[nH]1. The van der Waals surface area contributed by atoms with Crippen molar-refractivity contribution in [3.8, 4) is 0 Å². The third kappa shape index (κ3) is 3.22. The van der Waals surface area contributed by atoms with Crippen LogP contribution in [-0.4, -0.2) is 9.97 Å². The topological polar surface area (TPSA) is 28.7 Å². The van der Waals surface area contributed by atoms with Crippen molar-refractivity contribution in [1.82, 2.24) is 9.97 Å². The Labute approximate surface area is 109 Å². The summed E-state index contributed by atoms with van der Waals surface area (Å²) in [6.45, 7) is 6.47. The van der Waals surface area contributed by atoms with Gasteiger partial charge in [0.1, 0.15) is 5.82 Å². The number of hydrogen-bond donors (Lipinski definition) is 1. The lowest BCUT2D eigenvalue weighted by Gasteiger charge is -2.06. The average Bonchev–Trinajstić information content (AvgIpc) is 2.80. The largest absolute Gasteiger partial charge is 0.346 e. The highest BCUT2D eigenvalue weighted by Gasteiger charge is 2.01. The second kappa shape index (κ2) is 5.85. The maximum atomic E-state index is 4.33. The molecule has 0 bridgehead atoms. The van der Waals surface area contributed by atoms with Crippen LogP contribution in [0.25, 0.3) is 0 Å². The van der Waals surface area contributed by atoms with Crippen LogP contribution in [0.1, 0.15) is 41.6 Å². The minimum Gasteiger partial charge on any atom is -0.346 e. The number of rotatable bonds is 5. The lowest BCUT2D eigenvalue weighted by molar-refractivity contribution is 0.796. The van der Waals surface area contributed by atoms with E-state index in [-0.39, 0.29) is 0 Å². The lowest BCUT2D eigenvalue weighted by atomic mass is 10.0. The van der Waals surface area contributed by atoms with E-state index in [0.717, 1.165) is 25.1 Å². The molecule has 18 heavy (non-hydrogen) atoms. The Morgan fingerprint density at radius 1 is 1.17 bits per heavy atom. The standard InChI is InChI=1S/C16H22N2/c1-4-16-17-11-15(18-16)7-5-6-14-9-8-12(2)10-13(14)3/h8-11H,4-7H2,1-3H3,(H,17,18). The molecule has 0 spiro atoms. The monoisotopic (exact) mass is 242 g/mol. The van der Waals surface area contributed by atoms with Gasteiger partial charge < -0.3 is 4.98 Å². The van der Waals surface area contributed by atoms with Crippen LogP contribution in [0, 0.1) is 13.8 Å². The zero-order valence-corrected chi connectivity index (χ0v) is 11.6. The smallest absolute Gasteiger partial charge is 0.105 e. The summed E-state index contributed by atoms with van der Waals surface area (Å²) in [6.07, 6.45) is 6.36. The van der Waals surface area contributed by atoms with Gasteiger partial charge in [-0.3, -0.25) is 0 Å². The van der Waals surface area contributed by atoms with E-state index in [1.165, 1.54) is 28.8 Å². The first-order chi connectivity index (χ1) is 8.69. The van der Waals surface area contributed by atoms with Gasteiger partial charge in [-0.05, 0) is 44.2 Å². The van der Waals surface area contributed by atoms with Crippen LogP contribution >= 0.6 is 0 Å². The molecule has 0 atom stereocenters. The fourth-order valence-electron chi connectivity index (χ4n) is 2.31. The first-order valence-corrected chi connectivity index (χ1v) is 6.78. The molecule has 0 radical (unpaired) electrons. The molecular weight excluding hydrogens is 220 g/mol. The first kappa shape index (κ1) is 12.9. The van der Waals surface area contributed by atoms with E-state index in [1.54, 1.807) is 0 Å². The molecule has 0 fully saturated rings. The molecule has 0 aliphatic rings. The highest BCUT2D eigenvalue weighted by molar-refractivity contribution is 5.30. The van der Waals surface area contributed by atoms with Crippen molar-refractivity contribution < 1.29 is 0 Å². The molecule has 0 aliphatic heterocycles. The van der Waals surface area contributed by atoms with Gasteiger partial charge in [-0.1, -0.05) is 30.7 Å². The molecular formula is C16H22N2. The summed E-state index contributed by atoms with van der Waals surface area (Å²) < 4.78 is 0. The van der Waals surface area contributed by atoms with Crippen molar-refractivity contribution in [1.29, 1.82) is 0 Å². The van der Waals surface area contributed by atoms with Gasteiger partial charge in [0.05, 0.1) is 0 Å². The number of imidazole rings is 1. The third-order valence-corrected chi connectivity index (χ3v) is 3.41. The Balaban J connectivity index is 1.88. The quantitative estimate of drug-likeness (QED) is 0.849. The maximum absolute atomic E-state index is 4.33. The summed E-state index contributed by atoms with van der Waals surface area (Å²) >= 11 is 0. The predicted octanol–water partition coefficient (Wildman–Crippen LogP) is 3.76. The highest BCUT2D eigenvalue weighted by atomic mass is 14.9. The number of nitrogens with zero attached hydrogens (tertiary/aromatic N) is 1. The van der Waals surface area contributed by atoms with Crippen molar-refractivity contribution >= 4 is 0 Å². The van der Waals surface area contributed by atoms with E-state index in [9.17, 15) is 0 Å². The van der Waals surface area contributed by atoms with Crippen molar-refractivity contribution in [2.24, 2.45) is 0 Å². The van der Waals surface area contributed by atoms with Crippen molar-refractivity contribution in [2.45, 2.75) is 46.5 Å². The van der Waals surface area contributed by atoms with E-state index in [1.807, 2.05) is 6.20 Å². The zero-order chi connectivity index (χ0) is 13.0. The average molecular weight is 242 g/mol. The van der Waals surface area contributed by atoms with Crippen LogP contribution < -0.4 is 0 Å². The lowest BCUT2D eigenvalue weighted by Crippen LogP contribution is -1.94. The van der Waals surface area contributed by atoms with Crippen LogP contribution in [0.5, 0.6) is 0 Å². The Bertz CT molecular complexity index is 512. The number of H-pyrrole nitrogens is 1. The fraction of sp³-hybridized carbons (Fsp3) is 0.438. The van der Waals surface area contributed by atoms with Crippen LogP contribution in [-0.2, 0) is 19.3 Å². The Hall–Kier alpha value is -1.57. The first-order valence-electron chi connectivity index (χ1n) is 6.78. The number of aromatic amines is 1. The van der Waals surface area contributed by atoms with Crippen LogP contribution in [0.2, 0.25) is 0 Å². The van der Waals surface area contributed by atoms with Gasteiger partial charge in [-0.2, -0.15) is 0 Å². The number of hydrogen-bond acceptors (Lipinski definition) is 1. The third-order valence-electron chi connectivity index (χ3n) is 3.41. The molecule has 1 N–H and O–H groups in total. The van der Waals surface area contributed by atoms with E-state index in [2.05, 4.69) is 48.9 Å². The van der Waals surface area contributed by atoms with Crippen molar-refractivity contribution in [3.05, 3.63) is 52.6 Å². The molecule has 0 amide bonds. The Kier molecular flexibility index (Phi) is 4.19. The minimum absolute atomic E-state index is 0.983. The highest BCUT2D eigenvalue weighted by Crippen LogP contribution is 2.13. The summed E-state index contributed by atoms with van der Waals surface area (Å²) in [7, 11) is 0. The molecule has 96 valence electrons. The van der Waals surface area contributed by atoms with Crippen LogP contribution in [0.4, 0.5) is 0 Å². The minimum atomic E-state index is 0.983. The summed E-state index contributed by atoms with van der Waals surface area (Å²) in [5.74, 6) is 1.09. The summed E-state index contributed by atoms with van der Waals surface area (Å²) in [6, 6.07) is 6.73. The van der Waals surface area contributed by atoms with Gasteiger partial charge in [-0.15, -0.1) is 0 Å². The molecule has 2 aromatic rings. The summed E-state index contributed by atoms with van der Waals surface area (Å²) in [5, 5.41) is 0. The van der Waals surface area contributed by atoms with Crippen LogP contribution in [0.15, 0.2) is 24.4 Å². The molecule has 1 aromatic heterocycles. The molecule has 0 aliphatic carbocycles. The van der Waals surface area contributed by atoms with E-state index in [0.29, 0.717) is 0 Å². The second-order valence-corrected chi connectivity index (χ2v) is 4.99. The Morgan fingerprint density at radius 3 is 2.67 bits per heavy atom. The molecule has 0 saturated carbocycles. The number of nitrogens with one attached hydrogen (secondary N) is 1. The molecule has 2 nitrogen and oxygen atoms in total. The van der Waals surface area contributed by atoms with Gasteiger partial charge in [0, 0.05) is 18.3 Å². The molecule has 0 unspecified atom stereocenters. The van der Waals surface area contributed by atoms with E-state index < -0.39 is 0 Å². The second-order valence-electron chi connectivity index (χ2n) is 4.99. The fourth-order valence-corrected chi connectivity index (χ4v) is 2.31. The van der Waals surface area contributed by atoms with E-state index in [4.69, 9.17) is 0 Å². The molecule has 2 rings (SSSR count). The van der Waals surface area contributed by atoms with Gasteiger partial charge in [0.2, 0.25) is 0 Å². The summed E-state index contributed by atoms with van der Waals surface area (Å²) in [4.78, 5) is 7.70. The number of aromatic nitrogens is 2. The van der Waals surface area contributed by atoms with Crippen molar-refractivity contribution in [2.75, 3.05) is 0 Å². The van der Waals surface area contributed by atoms with Gasteiger partial charge in [0.25, 0.3) is 0 Å². The van der Waals surface area contributed by atoms with Crippen molar-refractivity contribution in [3.63, 3.8) is 0 Å².